The van der Waals surface area contributed by atoms with E-state index >= 15 is 0 Å². The van der Waals surface area contributed by atoms with E-state index in [2.05, 4.69) is 9.84 Å². The van der Waals surface area contributed by atoms with E-state index in [-0.39, 0.29) is 0 Å². The van der Waals surface area contributed by atoms with E-state index in [1.807, 2.05) is 12.1 Å². The molecule has 0 fully saturated rings. The summed E-state index contributed by atoms with van der Waals surface area (Å²) in [6, 6.07) is 10.8. The molecule has 0 saturated heterocycles. The van der Waals surface area contributed by atoms with Crippen LogP contribution in [0.5, 0.6) is 0 Å². The van der Waals surface area contributed by atoms with E-state index < -0.39 is 5.97 Å². The molecule has 0 atom stereocenters. The highest BCUT2D eigenvalue weighted by atomic mass is 35.5. The maximum atomic E-state index is 11.4. The molecule has 0 aliphatic rings. The summed E-state index contributed by atoms with van der Waals surface area (Å²) in [7, 11) is 1.32. The third kappa shape index (κ3) is 3.98. The Morgan fingerprint density at radius 3 is 2.60 bits per heavy atom. The maximum Gasteiger partial charge on any atom is 0.330 e. The highest BCUT2D eigenvalue weighted by Gasteiger charge is 2.12. The van der Waals surface area contributed by atoms with Crippen LogP contribution >= 0.6 is 34.8 Å². The molecule has 4 nitrogen and oxygen atoms in total. The van der Waals surface area contributed by atoms with Crippen LogP contribution in [-0.4, -0.2) is 22.9 Å². The predicted octanol–water partition coefficient (Wildman–Crippen LogP) is 5.23. The van der Waals surface area contributed by atoms with Gasteiger partial charge in [0.25, 0.3) is 0 Å². The van der Waals surface area contributed by atoms with Crippen LogP contribution in [0.1, 0.15) is 11.3 Å². The maximum absolute atomic E-state index is 11.4. The SMILES string of the molecule is COC(=O)/C=C/c1nn(Cc2ccc(Cl)cc2Cl)c2ccc(Cl)cc12. The molecule has 25 heavy (non-hydrogen) atoms. The molecular weight excluding hydrogens is 383 g/mol. The van der Waals surface area contributed by atoms with Crippen LogP contribution in [-0.2, 0) is 16.1 Å². The normalized spacial score (nSPS) is 11.4. The number of carbonyl (C=O) groups is 1. The largest absolute Gasteiger partial charge is 0.466 e. The van der Waals surface area contributed by atoms with Crippen molar-refractivity contribution in [2.75, 3.05) is 7.11 Å². The number of hydrogen-bond donors (Lipinski definition) is 0. The minimum atomic E-state index is -0.453. The second kappa shape index (κ2) is 7.48. The minimum Gasteiger partial charge on any atom is -0.466 e. The zero-order valence-corrected chi connectivity index (χ0v) is 15.4. The number of ether oxygens (including phenoxy) is 1. The highest BCUT2D eigenvalue weighted by molar-refractivity contribution is 6.35. The Bertz CT molecular complexity index is 980. The molecule has 0 unspecified atom stereocenters. The Hall–Kier alpha value is -2.01. The van der Waals surface area contributed by atoms with Crippen LogP contribution in [0.4, 0.5) is 0 Å². The average Bonchev–Trinajstić information content (AvgIpc) is 2.92. The smallest absolute Gasteiger partial charge is 0.330 e. The van der Waals surface area contributed by atoms with E-state index in [0.29, 0.717) is 27.3 Å². The van der Waals surface area contributed by atoms with Crippen LogP contribution < -0.4 is 0 Å². The van der Waals surface area contributed by atoms with E-state index in [0.717, 1.165) is 16.5 Å². The Labute approximate surface area is 159 Å². The van der Waals surface area contributed by atoms with Gasteiger partial charge in [0.05, 0.1) is 24.9 Å². The van der Waals surface area contributed by atoms with Gasteiger partial charge < -0.3 is 4.74 Å². The van der Waals surface area contributed by atoms with Crippen molar-refractivity contribution in [1.82, 2.24) is 9.78 Å². The fourth-order valence-electron chi connectivity index (χ4n) is 2.45. The standard InChI is InChI=1S/C18H13Cl3N2O2/c1-25-18(24)7-5-16-14-8-12(19)4-6-17(14)23(22-16)10-11-2-3-13(20)9-15(11)21/h2-9H,10H2,1H3/b7-5+. The third-order valence-corrected chi connectivity index (χ3v) is 4.48. The Balaban J connectivity index is 2.06. The summed E-state index contributed by atoms with van der Waals surface area (Å²) in [6.07, 6.45) is 2.92. The van der Waals surface area contributed by atoms with Gasteiger partial charge in [-0.3, -0.25) is 4.68 Å². The van der Waals surface area contributed by atoms with Gasteiger partial charge in [-0.15, -0.1) is 0 Å². The van der Waals surface area contributed by atoms with Crippen LogP contribution in [0.25, 0.3) is 17.0 Å². The predicted molar refractivity (Wildman–Crippen MR) is 101 cm³/mol. The highest BCUT2D eigenvalue weighted by Crippen LogP contribution is 2.27. The topological polar surface area (TPSA) is 44.1 Å². The summed E-state index contributed by atoms with van der Waals surface area (Å²) in [5.74, 6) is -0.453. The molecule has 0 aliphatic heterocycles. The van der Waals surface area contributed by atoms with Crippen molar-refractivity contribution in [3.63, 3.8) is 0 Å². The number of benzene rings is 2. The van der Waals surface area contributed by atoms with Crippen molar-refractivity contribution >= 4 is 57.8 Å². The van der Waals surface area contributed by atoms with E-state index in [1.54, 1.807) is 35.0 Å². The lowest BCUT2D eigenvalue weighted by atomic mass is 10.2. The molecule has 0 amide bonds. The van der Waals surface area contributed by atoms with Gasteiger partial charge in [0.15, 0.2) is 0 Å². The van der Waals surface area contributed by atoms with Gasteiger partial charge in [0.2, 0.25) is 0 Å². The number of methoxy groups -OCH3 is 1. The van der Waals surface area contributed by atoms with Crippen LogP contribution in [0, 0.1) is 0 Å². The number of aromatic nitrogens is 2. The molecule has 0 spiro atoms. The van der Waals surface area contributed by atoms with Gasteiger partial charge >= 0.3 is 5.97 Å². The Morgan fingerprint density at radius 2 is 1.88 bits per heavy atom. The first-order valence-electron chi connectivity index (χ1n) is 7.34. The molecule has 1 heterocycles. The summed E-state index contributed by atoms with van der Waals surface area (Å²) in [5.41, 5.74) is 2.38. The second-order valence-corrected chi connectivity index (χ2v) is 6.58. The minimum absolute atomic E-state index is 0.453. The zero-order valence-electron chi connectivity index (χ0n) is 13.2. The Morgan fingerprint density at radius 1 is 1.16 bits per heavy atom. The van der Waals surface area contributed by atoms with E-state index in [9.17, 15) is 4.79 Å². The zero-order chi connectivity index (χ0) is 18.0. The van der Waals surface area contributed by atoms with Gasteiger partial charge in [-0.25, -0.2) is 4.79 Å². The molecule has 0 radical (unpaired) electrons. The van der Waals surface area contributed by atoms with Crippen LogP contribution in [0.2, 0.25) is 15.1 Å². The first-order valence-corrected chi connectivity index (χ1v) is 8.47. The van der Waals surface area contributed by atoms with Crippen molar-refractivity contribution in [1.29, 1.82) is 0 Å². The molecule has 2 aromatic carbocycles. The monoisotopic (exact) mass is 394 g/mol. The fraction of sp³-hybridized carbons (Fsp3) is 0.111. The summed E-state index contributed by atoms with van der Waals surface area (Å²) in [5, 5.41) is 7.13. The quantitative estimate of drug-likeness (QED) is 0.449. The summed E-state index contributed by atoms with van der Waals surface area (Å²) >= 11 is 18.3. The fourth-order valence-corrected chi connectivity index (χ4v) is 3.09. The van der Waals surface area contributed by atoms with Crippen molar-refractivity contribution in [2.45, 2.75) is 6.54 Å². The molecule has 0 aliphatic carbocycles. The number of fused-ring (bicyclic) bond motifs is 1. The number of nitrogens with zero attached hydrogens (tertiary/aromatic N) is 2. The second-order valence-electron chi connectivity index (χ2n) is 5.30. The van der Waals surface area contributed by atoms with Crippen LogP contribution in [0.15, 0.2) is 42.5 Å². The third-order valence-electron chi connectivity index (χ3n) is 3.65. The molecule has 3 aromatic rings. The Kier molecular flexibility index (Phi) is 5.33. The first kappa shape index (κ1) is 17.8. The molecule has 128 valence electrons. The molecular formula is C18H13Cl3N2O2. The van der Waals surface area contributed by atoms with E-state index in [1.165, 1.54) is 13.2 Å². The molecule has 0 saturated carbocycles. The average molecular weight is 396 g/mol. The summed E-state index contributed by atoms with van der Waals surface area (Å²) in [4.78, 5) is 11.4. The summed E-state index contributed by atoms with van der Waals surface area (Å²) in [6.45, 7) is 0.459. The van der Waals surface area contributed by atoms with Gasteiger partial charge in [0.1, 0.15) is 0 Å². The van der Waals surface area contributed by atoms with Gasteiger partial charge in [-0.2, -0.15) is 5.10 Å². The number of halogens is 3. The van der Waals surface area contributed by atoms with Crippen molar-refractivity contribution in [3.05, 3.63) is 68.8 Å². The summed E-state index contributed by atoms with van der Waals surface area (Å²) < 4.78 is 6.42. The van der Waals surface area contributed by atoms with Crippen molar-refractivity contribution in [2.24, 2.45) is 0 Å². The number of hydrogen-bond acceptors (Lipinski definition) is 3. The van der Waals surface area contributed by atoms with Gasteiger partial charge in [-0.05, 0) is 42.0 Å². The first-order chi connectivity index (χ1) is 12.0. The van der Waals surface area contributed by atoms with Gasteiger partial charge in [0, 0.05) is 26.5 Å². The lowest BCUT2D eigenvalue weighted by molar-refractivity contribution is -0.134. The molecule has 1 aromatic heterocycles. The lowest BCUT2D eigenvalue weighted by Gasteiger charge is -2.06. The molecule has 3 rings (SSSR count). The lowest BCUT2D eigenvalue weighted by Crippen LogP contribution is -2.02. The molecule has 7 heteroatoms. The number of carbonyl (C=O) groups excluding carboxylic acids is 1. The molecule has 0 bridgehead atoms. The number of esters is 1. The molecule has 0 N–H and O–H groups in total. The van der Waals surface area contributed by atoms with Crippen molar-refractivity contribution in [3.8, 4) is 0 Å². The van der Waals surface area contributed by atoms with Crippen LogP contribution in [0.3, 0.4) is 0 Å². The van der Waals surface area contributed by atoms with Crippen molar-refractivity contribution < 1.29 is 9.53 Å². The van der Waals surface area contributed by atoms with E-state index in [4.69, 9.17) is 34.8 Å². The van der Waals surface area contributed by atoms with Gasteiger partial charge in [-0.1, -0.05) is 40.9 Å². The number of rotatable bonds is 4.